The minimum atomic E-state index is 0.714. The Balaban J connectivity index is 1.60. The van der Waals surface area contributed by atoms with Gasteiger partial charge in [-0.2, -0.15) is 0 Å². The van der Waals surface area contributed by atoms with Crippen molar-refractivity contribution in [2.75, 3.05) is 11.9 Å². The van der Waals surface area contributed by atoms with Crippen LogP contribution in [0.5, 0.6) is 0 Å². The third-order valence-electron chi connectivity index (χ3n) is 3.88. The van der Waals surface area contributed by atoms with E-state index >= 15 is 0 Å². The molecule has 0 radical (unpaired) electrons. The number of aromatic amines is 1. The zero-order chi connectivity index (χ0) is 16.4. The number of imidazole rings is 1. The highest BCUT2D eigenvalue weighted by molar-refractivity contribution is 5.88. The van der Waals surface area contributed by atoms with E-state index in [0.717, 1.165) is 41.1 Å². The van der Waals surface area contributed by atoms with E-state index in [1.54, 1.807) is 0 Å². The van der Waals surface area contributed by atoms with Gasteiger partial charge in [-0.25, -0.2) is 15.0 Å². The van der Waals surface area contributed by atoms with Crippen molar-refractivity contribution in [1.82, 2.24) is 24.5 Å². The summed E-state index contributed by atoms with van der Waals surface area (Å²) >= 11 is 0. The third-order valence-corrected chi connectivity index (χ3v) is 3.88. The predicted molar refractivity (Wildman–Crippen MR) is 94.7 cm³/mol. The van der Waals surface area contributed by atoms with Crippen molar-refractivity contribution in [2.24, 2.45) is 7.05 Å². The number of benzene rings is 1. The average molecular weight is 318 g/mol. The molecule has 4 aromatic rings. The molecule has 4 rings (SSSR count). The van der Waals surface area contributed by atoms with Gasteiger partial charge in [0.15, 0.2) is 5.82 Å². The largest absolute Gasteiger partial charge is 0.369 e. The number of nitrogens with zero attached hydrogens (tertiary/aromatic N) is 4. The number of aryl methyl sites for hydroxylation is 1. The molecule has 24 heavy (non-hydrogen) atoms. The van der Waals surface area contributed by atoms with Crippen LogP contribution in [0.25, 0.3) is 22.4 Å². The van der Waals surface area contributed by atoms with Gasteiger partial charge in [0.25, 0.3) is 0 Å². The van der Waals surface area contributed by atoms with Gasteiger partial charge in [0.1, 0.15) is 11.5 Å². The van der Waals surface area contributed by atoms with E-state index in [1.165, 1.54) is 0 Å². The van der Waals surface area contributed by atoms with E-state index in [2.05, 4.69) is 20.3 Å². The van der Waals surface area contributed by atoms with Gasteiger partial charge >= 0.3 is 0 Å². The van der Waals surface area contributed by atoms with Gasteiger partial charge in [-0.3, -0.25) is 0 Å². The fraction of sp³-hybridized carbons (Fsp3) is 0.167. The van der Waals surface area contributed by atoms with Crippen LogP contribution in [-0.4, -0.2) is 31.0 Å². The third kappa shape index (κ3) is 2.86. The zero-order valence-electron chi connectivity index (χ0n) is 13.4. The summed E-state index contributed by atoms with van der Waals surface area (Å²) in [6.07, 6.45) is 6.58. The molecule has 0 aliphatic heterocycles. The SMILES string of the molecule is Cn1cnc(CCNc2nc(-c3ccccc3)nc3[nH]ccc23)c1. The lowest BCUT2D eigenvalue weighted by molar-refractivity contribution is 0.910. The predicted octanol–water partition coefficient (Wildman–Crippen LogP) is 3.01. The van der Waals surface area contributed by atoms with Crippen LogP contribution in [0.1, 0.15) is 5.69 Å². The minimum Gasteiger partial charge on any atom is -0.369 e. The van der Waals surface area contributed by atoms with Gasteiger partial charge in [-0.15, -0.1) is 0 Å². The van der Waals surface area contributed by atoms with E-state index in [-0.39, 0.29) is 0 Å². The molecule has 2 N–H and O–H groups in total. The van der Waals surface area contributed by atoms with Gasteiger partial charge in [0.05, 0.1) is 17.4 Å². The summed E-state index contributed by atoms with van der Waals surface area (Å²) in [6.45, 7) is 0.766. The summed E-state index contributed by atoms with van der Waals surface area (Å²) in [6, 6.07) is 12.0. The molecule has 0 aliphatic rings. The summed E-state index contributed by atoms with van der Waals surface area (Å²) in [5.74, 6) is 1.56. The summed E-state index contributed by atoms with van der Waals surface area (Å²) in [5, 5.41) is 4.42. The average Bonchev–Trinajstić information content (AvgIpc) is 3.24. The Morgan fingerprint density at radius 3 is 2.79 bits per heavy atom. The first kappa shape index (κ1) is 14.4. The Kier molecular flexibility index (Phi) is 3.70. The first-order valence-corrected chi connectivity index (χ1v) is 7.91. The van der Waals surface area contributed by atoms with Crippen LogP contribution in [0, 0.1) is 0 Å². The fourth-order valence-corrected chi connectivity index (χ4v) is 2.70. The first-order valence-electron chi connectivity index (χ1n) is 7.91. The van der Waals surface area contributed by atoms with E-state index < -0.39 is 0 Å². The second-order valence-corrected chi connectivity index (χ2v) is 5.71. The zero-order valence-corrected chi connectivity index (χ0v) is 13.4. The lowest BCUT2D eigenvalue weighted by Gasteiger charge is -2.08. The van der Waals surface area contributed by atoms with Gasteiger partial charge < -0.3 is 14.9 Å². The smallest absolute Gasteiger partial charge is 0.163 e. The topological polar surface area (TPSA) is 71.4 Å². The molecule has 3 heterocycles. The maximum absolute atomic E-state index is 4.71. The standard InChI is InChI=1S/C18H18N6/c1-24-11-14(21-12-24)7-9-19-17-15-8-10-20-18(15)23-16(22-17)13-5-3-2-4-6-13/h2-6,8,10-12H,7,9H2,1H3,(H2,19,20,22,23). The van der Waals surface area contributed by atoms with Crippen molar-refractivity contribution in [2.45, 2.75) is 6.42 Å². The Morgan fingerprint density at radius 2 is 2.00 bits per heavy atom. The molecule has 6 nitrogen and oxygen atoms in total. The van der Waals surface area contributed by atoms with Gasteiger partial charge in [0.2, 0.25) is 0 Å². The lowest BCUT2D eigenvalue weighted by atomic mass is 10.2. The fourth-order valence-electron chi connectivity index (χ4n) is 2.70. The molecule has 0 saturated carbocycles. The Morgan fingerprint density at radius 1 is 1.12 bits per heavy atom. The molecule has 3 aromatic heterocycles. The molecule has 0 unspecified atom stereocenters. The molecule has 0 fully saturated rings. The van der Waals surface area contributed by atoms with E-state index in [0.29, 0.717) is 5.82 Å². The number of H-pyrrole nitrogens is 1. The molecule has 0 bridgehead atoms. The van der Waals surface area contributed by atoms with Crippen LogP contribution >= 0.6 is 0 Å². The minimum absolute atomic E-state index is 0.714. The first-order chi connectivity index (χ1) is 11.8. The summed E-state index contributed by atoms with van der Waals surface area (Å²) < 4.78 is 1.96. The number of anilines is 1. The Hall–Kier alpha value is -3.15. The number of fused-ring (bicyclic) bond motifs is 1. The number of hydrogen-bond acceptors (Lipinski definition) is 4. The molecule has 120 valence electrons. The van der Waals surface area contributed by atoms with Crippen LogP contribution in [0.2, 0.25) is 0 Å². The van der Waals surface area contributed by atoms with E-state index in [9.17, 15) is 0 Å². The van der Waals surface area contributed by atoms with Gasteiger partial charge in [-0.05, 0) is 6.07 Å². The van der Waals surface area contributed by atoms with Crippen molar-refractivity contribution < 1.29 is 0 Å². The van der Waals surface area contributed by atoms with Crippen molar-refractivity contribution >= 4 is 16.9 Å². The number of nitrogens with one attached hydrogen (secondary N) is 2. The monoisotopic (exact) mass is 318 g/mol. The second kappa shape index (κ2) is 6.16. The molecule has 0 aliphatic carbocycles. The summed E-state index contributed by atoms with van der Waals surface area (Å²) in [7, 11) is 1.98. The molecule has 1 aromatic carbocycles. The Labute approximate surface area is 139 Å². The lowest BCUT2D eigenvalue weighted by Crippen LogP contribution is -2.08. The molecule has 0 spiro atoms. The molecular formula is C18H18N6. The van der Waals surface area contributed by atoms with Gasteiger partial charge in [-0.1, -0.05) is 30.3 Å². The highest BCUT2D eigenvalue weighted by Crippen LogP contribution is 2.24. The summed E-state index contributed by atoms with van der Waals surface area (Å²) in [5.41, 5.74) is 2.90. The Bertz CT molecular complexity index is 954. The van der Waals surface area contributed by atoms with Crippen molar-refractivity contribution in [3.05, 3.63) is 60.8 Å². The van der Waals surface area contributed by atoms with E-state index in [4.69, 9.17) is 4.98 Å². The molecule has 0 atom stereocenters. The second-order valence-electron chi connectivity index (χ2n) is 5.71. The normalized spacial score (nSPS) is 11.0. The van der Waals surface area contributed by atoms with Crippen LogP contribution in [0.3, 0.4) is 0 Å². The number of hydrogen-bond donors (Lipinski definition) is 2. The van der Waals surface area contributed by atoms with Gasteiger partial charge in [0, 0.05) is 38.0 Å². The molecular weight excluding hydrogens is 300 g/mol. The van der Waals surface area contributed by atoms with Crippen LogP contribution in [0.4, 0.5) is 5.82 Å². The molecule has 6 heteroatoms. The number of aromatic nitrogens is 5. The van der Waals surface area contributed by atoms with Crippen molar-refractivity contribution in [3.63, 3.8) is 0 Å². The maximum atomic E-state index is 4.71. The highest BCUT2D eigenvalue weighted by atomic mass is 15.1. The molecule has 0 saturated heterocycles. The van der Waals surface area contributed by atoms with Crippen molar-refractivity contribution in [3.8, 4) is 11.4 Å². The van der Waals surface area contributed by atoms with Crippen molar-refractivity contribution in [1.29, 1.82) is 0 Å². The van der Waals surface area contributed by atoms with Crippen LogP contribution in [-0.2, 0) is 13.5 Å². The maximum Gasteiger partial charge on any atom is 0.163 e. The highest BCUT2D eigenvalue weighted by Gasteiger charge is 2.10. The quantitative estimate of drug-likeness (QED) is 0.593. The number of rotatable bonds is 5. The molecule has 0 amide bonds. The van der Waals surface area contributed by atoms with E-state index in [1.807, 2.05) is 66.7 Å². The van der Waals surface area contributed by atoms with Crippen LogP contribution < -0.4 is 5.32 Å². The summed E-state index contributed by atoms with van der Waals surface area (Å²) in [4.78, 5) is 16.8. The van der Waals surface area contributed by atoms with Crippen LogP contribution in [0.15, 0.2) is 55.1 Å².